The highest BCUT2D eigenvalue weighted by Crippen LogP contribution is 2.15. The molecule has 0 aliphatic rings. The molecular weight excluding hydrogens is 312 g/mol. The molecule has 7 heteroatoms. The van der Waals surface area contributed by atoms with Gasteiger partial charge in [0, 0.05) is 17.7 Å². The predicted molar refractivity (Wildman–Crippen MR) is 72.3 cm³/mol. The third-order valence-corrected chi connectivity index (χ3v) is 3.07. The van der Waals surface area contributed by atoms with Gasteiger partial charge in [0.05, 0.1) is 17.3 Å². The van der Waals surface area contributed by atoms with Crippen LogP contribution in [0.25, 0.3) is 0 Å². The van der Waals surface area contributed by atoms with Crippen molar-refractivity contribution in [1.82, 2.24) is 20.6 Å². The Kier molecular flexibility index (Phi) is 3.96. The summed E-state index contributed by atoms with van der Waals surface area (Å²) in [7, 11) is 1.70. The Hall–Kier alpha value is -2.15. The number of aryl methyl sites for hydroxylation is 1. The van der Waals surface area contributed by atoms with Gasteiger partial charge in [0.1, 0.15) is 0 Å². The third-order valence-electron chi connectivity index (χ3n) is 2.38. The Morgan fingerprint density at radius 1 is 1.21 bits per heavy atom. The van der Waals surface area contributed by atoms with Crippen LogP contribution in [0.5, 0.6) is 0 Å². The van der Waals surface area contributed by atoms with E-state index >= 15 is 0 Å². The Labute approximate surface area is 117 Å². The molecule has 19 heavy (non-hydrogen) atoms. The summed E-state index contributed by atoms with van der Waals surface area (Å²) in [6.07, 6.45) is 2.97. The van der Waals surface area contributed by atoms with Crippen molar-refractivity contribution in [1.29, 1.82) is 0 Å². The molecule has 2 aromatic rings. The summed E-state index contributed by atoms with van der Waals surface area (Å²) in [5.74, 6) is -0.821. The first-order valence-electron chi connectivity index (χ1n) is 5.42. The molecule has 2 rings (SSSR count). The Morgan fingerprint density at radius 3 is 2.53 bits per heavy atom. The Bertz CT molecular complexity index is 624. The van der Waals surface area contributed by atoms with Gasteiger partial charge in [-0.3, -0.25) is 25.1 Å². The van der Waals surface area contributed by atoms with Crippen LogP contribution in [0, 0.1) is 0 Å². The molecule has 0 fully saturated rings. The lowest BCUT2D eigenvalue weighted by atomic mass is 10.2. The fourth-order valence-electron chi connectivity index (χ4n) is 1.44. The van der Waals surface area contributed by atoms with Gasteiger partial charge in [-0.2, -0.15) is 5.10 Å². The number of halogens is 1. The summed E-state index contributed by atoms with van der Waals surface area (Å²) >= 11 is 3.27. The average molecular weight is 323 g/mol. The quantitative estimate of drug-likeness (QED) is 0.817. The minimum atomic E-state index is -0.423. The number of nitrogens with zero attached hydrogens (tertiary/aromatic N) is 2. The fourth-order valence-corrected chi connectivity index (χ4v) is 1.90. The number of carbonyl (C=O) groups excluding carboxylic acids is 2. The summed E-state index contributed by atoms with van der Waals surface area (Å²) < 4.78 is 2.16. The number of rotatable bonds is 2. The number of hydrogen-bond donors (Lipinski definition) is 2. The van der Waals surface area contributed by atoms with Crippen LogP contribution in [-0.2, 0) is 7.05 Å². The average Bonchev–Trinajstić information content (AvgIpc) is 2.83. The number of hydrazine groups is 1. The van der Waals surface area contributed by atoms with Crippen molar-refractivity contribution < 1.29 is 9.59 Å². The van der Waals surface area contributed by atoms with Crippen molar-refractivity contribution in [2.75, 3.05) is 0 Å². The van der Waals surface area contributed by atoms with Gasteiger partial charge >= 0.3 is 0 Å². The smallest absolute Gasteiger partial charge is 0.272 e. The van der Waals surface area contributed by atoms with E-state index in [2.05, 4.69) is 31.9 Å². The molecule has 1 heterocycles. The first kappa shape index (κ1) is 13.3. The van der Waals surface area contributed by atoms with E-state index in [1.165, 1.54) is 10.9 Å². The molecular formula is C12H11BrN4O2. The van der Waals surface area contributed by atoms with Crippen molar-refractivity contribution in [3.05, 3.63) is 52.3 Å². The van der Waals surface area contributed by atoms with Gasteiger partial charge in [-0.25, -0.2) is 0 Å². The van der Waals surface area contributed by atoms with Crippen LogP contribution in [0.1, 0.15) is 20.7 Å². The zero-order chi connectivity index (χ0) is 13.8. The lowest BCUT2D eigenvalue weighted by Crippen LogP contribution is -2.41. The van der Waals surface area contributed by atoms with Crippen LogP contribution in [0.3, 0.4) is 0 Å². The van der Waals surface area contributed by atoms with E-state index in [4.69, 9.17) is 0 Å². The first-order valence-corrected chi connectivity index (χ1v) is 6.21. The fraction of sp³-hybridized carbons (Fsp3) is 0.0833. The van der Waals surface area contributed by atoms with Crippen LogP contribution >= 0.6 is 15.9 Å². The first-order chi connectivity index (χ1) is 9.08. The van der Waals surface area contributed by atoms with Gasteiger partial charge in [-0.1, -0.05) is 12.1 Å². The molecule has 1 aromatic heterocycles. The highest BCUT2D eigenvalue weighted by atomic mass is 79.9. The van der Waals surface area contributed by atoms with Crippen LogP contribution in [-0.4, -0.2) is 21.6 Å². The molecule has 0 radical (unpaired) electrons. The van der Waals surface area contributed by atoms with E-state index < -0.39 is 11.8 Å². The monoisotopic (exact) mass is 322 g/mol. The van der Waals surface area contributed by atoms with E-state index in [9.17, 15) is 9.59 Å². The molecule has 1 aromatic carbocycles. The van der Waals surface area contributed by atoms with E-state index in [1.807, 2.05) is 0 Å². The number of carbonyl (C=O) groups is 2. The Morgan fingerprint density at radius 2 is 1.89 bits per heavy atom. The highest BCUT2D eigenvalue weighted by Gasteiger charge is 2.12. The summed E-state index contributed by atoms with van der Waals surface area (Å²) in [5, 5.41) is 3.87. The SMILES string of the molecule is Cn1cc(C(=O)NNC(=O)c2ccccc2Br)cn1. The van der Waals surface area contributed by atoms with Crippen molar-refractivity contribution in [2.24, 2.45) is 7.05 Å². The van der Waals surface area contributed by atoms with Crippen LogP contribution in [0.2, 0.25) is 0 Å². The molecule has 0 aliphatic carbocycles. The van der Waals surface area contributed by atoms with Crippen molar-refractivity contribution >= 4 is 27.7 Å². The molecule has 0 saturated carbocycles. The summed E-state index contributed by atoms with van der Waals surface area (Å²) in [5.41, 5.74) is 5.48. The summed E-state index contributed by atoms with van der Waals surface area (Å²) in [6, 6.07) is 6.94. The van der Waals surface area contributed by atoms with Gasteiger partial charge in [0.2, 0.25) is 0 Å². The van der Waals surface area contributed by atoms with Gasteiger partial charge in [0.15, 0.2) is 0 Å². The largest absolute Gasteiger partial charge is 0.275 e. The van der Waals surface area contributed by atoms with E-state index in [-0.39, 0.29) is 0 Å². The number of nitrogens with one attached hydrogen (secondary N) is 2. The second-order valence-corrected chi connectivity index (χ2v) is 4.65. The second kappa shape index (κ2) is 5.66. The van der Waals surface area contributed by atoms with E-state index in [0.29, 0.717) is 15.6 Å². The van der Waals surface area contributed by atoms with Gasteiger partial charge in [-0.15, -0.1) is 0 Å². The zero-order valence-corrected chi connectivity index (χ0v) is 11.6. The number of amides is 2. The summed E-state index contributed by atoms with van der Waals surface area (Å²) in [4.78, 5) is 23.5. The third kappa shape index (κ3) is 3.19. The number of hydrogen-bond acceptors (Lipinski definition) is 3. The van der Waals surface area contributed by atoms with Crippen molar-refractivity contribution in [2.45, 2.75) is 0 Å². The number of aromatic nitrogens is 2. The minimum absolute atomic E-state index is 0.370. The molecule has 0 unspecified atom stereocenters. The topological polar surface area (TPSA) is 76.0 Å². The molecule has 2 N–H and O–H groups in total. The number of benzene rings is 1. The standard InChI is InChI=1S/C12H11BrN4O2/c1-17-7-8(6-14-17)11(18)15-16-12(19)9-4-2-3-5-10(9)13/h2-7H,1H3,(H,15,18)(H,16,19). The van der Waals surface area contributed by atoms with Crippen LogP contribution in [0.15, 0.2) is 41.1 Å². The molecule has 6 nitrogen and oxygen atoms in total. The normalized spacial score (nSPS) is 10.0. The molecule has 98 valence electrons. The maximum atomic E-state index is 11.8. The van der Waals surface area contributed by atoms with Crippen molar-refractivity contribution in [3.63, 3.8) is 0 Å². The molecule has 0 spiro atoms. The molecule has 0 aliphatic heterocycles. The van der Waals surface area contributed by atoms with Gasteiger partial charge in [0.25, 0.3) is 11.8 Å². The van der Waals surface area contributed by atoms with Crippen LogP contribution < -0.4 is 10.9 Å². The molecule has 0 bridgehead atoms. The molecule has 0 saturated heterocycles. The molecule has 2 amide bonds. The zero-order valence-electron chi connectivity index (χ0n) is 10.1. The van der Waals surface area contributed by atoms with Gasteiger partial charge < -0.3 is 0 Å². The second-order valence-electron chi connectivity index (χ2n) is 3.79. The molecule has 0 atom stereocenters. The maximum absolute atomic E-state index is 11.8. The van der Waals surface area contributed by atoms with E-state index in [1.54, 1.807) is 37.5 Å². The van der Waals surface area contributed by atoms with Gasteiger partial charge in [-0.05, 0) is 28.1 Å². The van der Waals surface area contributed by atoms with E-state index in [0.717, 1.165) is 0 Å². The predicted octanol–water partition coefficient (Wildman–Crippen LogP) is 1.26. The maximum Gasteiger partial charge on any atom is 0.272 e. The lowest BCUT2D eigenvalue weighted by molar-refractivity contribution is 0.0846. The summed E-state index contributed by atoms with van der Waals surface area (Å²) in [6.45, 7) is 0. The van der Waals surface area contributed by atoms with Crippen LogP contribution in [0.4, 0.5) is 0 Å². The Balaban J connectivity index is 1.98. The highest BCUT2D eigenvalue weighted by molar-refractivity contribution is 9.10. The minimum Gasteiger partial charge on any atom is -0.275 e. The lowest BCUT2D eigenvalue weighted by Gasteiger charge is -2.07. The van der Waals surface area contributed by atoms with Crippen molar-refractivity contribution in [3.8, 4) is 0 Å².